The van der Waals surface area contributed by atoms with E-state index in [-0.39, 0.29) is 44.5 Å². The molecule has 1 amide bonds. The van der Waals surface area contributed by atoms with Crippen molar-refractivity contribution in [3.8, 4) is 5.75 Å². The van der Waals surface area contributed by atoms with Crippen LogP contribution in [-0.4, -0.2) is 170 Å². The molecule has 5 aliphatic heterocycles. The normalized spacial score (nSPS) is 33.9. The molecule has 18 heteroatoms. The summed E-state index contributed by atoms with van der Waals surface area (Å²) >= 11 is 0. The number of ether oxygens (including phenoxy) is 4. The molecule has 12 atom stereocenters. The van der Waals surface area contributed by atoms with E-state index in [9.17, 15) is 24.9 Å². The van der Waals surface area contributed by atoms with Crippen molar-refractivity contribution in [2.24, 2.45) is 17.1 Å². The number of likely N-dealkylation sites (N-methyl/N-ethyl adjacent to an activating group) is 1. The number of hydrogen-bond donors (Lipinski definition) is 7. The second-order valence-electron chi connectivity index (χ2n) is 20.8. The number of H-pyrrole nitrogens is 1. The SMILES string of the molecule is CCC1(O)C[C@H]2CN(CCc3c([nH]c4ccccc34)[C@@](C(=O)OC)(c3cc4c(cc3OC)N(C)C3[C@]45CCN4CC=C[C@](CC)(C45)[C@@H](O)[C@]3(O)C(=O)NCCCOC(=O)C(C)NCC(N)OC=O)C2)C1. The summed E-state index contributed by atoms with van der Waals surface area (Å²) < 4.78 is 22.5. The van der Waals surface area contributed by atoms with Crippen LogP contribution in [0.4, 0.5) is 5.69 Å². The number of esters is 2. The number of aromatic amines is 1. The van der Waals surface area contributed by atoms with Gasteiger partial charge in [-0.05, 0) is 87.6 Å². The van der Waals surface area contributed by atoms with Gasteiger partial charge in [0.15, 0.2) is 11.8 Å². The zero-order valence-electron chi connectivity index (χ0n) is 41.3. The molecule has 0 radical (unpaired) electrons. The highest BCUT2D eigenvalue weighted by Gasteiger charge is 2.78. The number of benzene rings is 2. The molecule has 2 saturated heterocycles. The van der Waals surface area contributed by atoms with E-state index >= 15 is 9.59 Å². The molecule has 2 aromatic carbocycles. The van der Waals surface area contributed by atoms with Crippen LogP contribution in [-0.2, 0) is 50.6 Å². The molecule has 3 aromatic rings. The number of aliphatic hydroxyl groups excluding tert-OH is 1. The number of fused-ring (bicyclic) bond motifs is 6. The van der Waals surface area contributed by atoms with Crippen LogP contribution >= 0.6 is 0 Å². The first-order valence-electron chi connectivity index (χ1n) is 25.0. The van der Waals surface area contributed by atoms with Crippen molar-refractivity contribution in [2.45, 2.75) is 118 Å². The lowest BCUT2D eigenvalue weighted by molar-refractivity contribution is -0.203. The van der Waals surface area contributed by atoms with Gasteiger partial charge in [-0.1, -0.05) is 44.2 Å². The first-order valence-corrected chi connectivity index (χ1v) is 25.0. The number of carbonyl (C=O) groups is 4. The van der Waals surface area contributed by atoms with Gasteiger partial charge >= 0.3 is 11.9 Å². The highest BCUT2D eigenvalue weighted by molar-refractivity contribution is 5.95. The van der Waals surface area contributed by atoms with Crippen LogP contribution in [0.2, 0.25) is 0 Å². The smallest absolute Gasteiger partial charge is 0.322 e. The van der Waals surface area contributed by atoms with Gasteiger partial charge in [0.1, 0.15) is 23.3 Å². The number of aromatic nitrogens is 1. The van der Waals surface area contributed by atoms with Crippen molar-refractivity contribution in [3.05, 3.63) is 70.9 Å². The Balaban J connectivity index is 1.15. The van der Waals surface area contributed by atoms with E-state index in [0.717, 1.165) is 27.7 Å². The summed E-state index contributed by atoms with van der Waals surface area (Å²) in [5, 5.41) is 45.2. The molecule has 6 aliphatic rings. The standard InChI is InChI=1S/C52H71N7O11/c1-7-48(65)25-32-26-51(47(64)68-6,41-34(15-20-58(28-32)29-48)33-13-9-10-14-37(33)56-41)36-23-35-38(24-39(36)67-5)57(4)44-50(35)17-21-59-19-11-16-49(8-2,43(50)59)45(62)52(44,66)46(63)54-18-12-22-69-42(61)31(3)55-27-40(53)70-30-60/h9-11,13-14,16,23-24,30-32,40,43-45,55-56,62,65-66H,7-8,12,15,17-22,25-29,53H2,1-6H3,(H,54,63)/t31?,32-,40?,43?,44?,45-,48?,49-,50-,51+,52+/m1/s1. The average molecular weight is 970 g/mol. The third kappa shape index (κ3) is 7.54. The number of aliphatic hydroxyl groups is 3. The fourth-order valence-corrected chi connectivity index (χ4v) is 14.2. The number of nitrogens with one attached hydrogen (secondary N) is 3. The molecule has 2 bridgehead atoms. The van der Waals surface area contributed by atoms with E-state index in [1.165, 1.54) is 7.11 Å². The van der Waals surface area contributed by atoms with E-state index in [1.807, 2.05) is 62.2 Å². The molecule has 6 unspecified atom stereocenters. The Hall–Kier alpha value is -5.08. The van der Waals surface area contributed by atoms with Crippen molar-refractivity contribution < 1.29 is 53.4 Å². The van der Waals surface area contributed by atoms with Crippen LogP contribution in [0.25, 0.3) is 10.9 Å². The molecule has 8 N–H and O–H groups in total. The maximum atomic E-state index is 15.4. The van der Waals surface area contributed by atoms with Crippen LogP contribution in [0.3, 0.4) is 0 Å². The molecule has 9 rings (SSSR count). The third-order valence-electron chi connectivity index (χ3n) is 17.3. The molecule has 380 valence electrons. The van der Waals surface area contributed by atoms with Crippen molar-refractivity contribution in [1.29, 1.82) is 0 Å². The molecule has 1 saturated carbocycles. The number of methoxy groups -OCH3 is 2. The predicted octanol–water partition coefficient (Wildman–Crippen LogP) is 1.73. The minimum atomic E-state index is -2.37. The first-order chi connectivity index (χ1) is 33.5. The number of piperidine rings is 1. The quantitative estimate of drug-likeness (QED) is 0.0270. The number of hydrogen-bond acceptors (Lipinski definition) is 16. The summed E-state index contributed by atoms with van der Waals surface area (Å²) in [5.41, 5.74) is 3.62. The zero-order valence-corrected chi connectivity index (χ0v) is 41.3. The Morgan fingerprint density at radius 1 is 1.06 bits per heavy atom. The minimum absolute atomic E-state index is 0.0279. The highest BCUT2D eigenvalue weighted by atomic mass is 16.5. The summed E-state index contributed by atoms with van der Waals surface area (Å²) in [5.74, 6) is -1.48. The number of para-hydroxylation sites is 1. The van der Waals surface area contributed by atoms with Gasteiger partial charge in [0.05, 0.1) is 32.5 Å². The molecule has 1 aromatic heterocycles. The van der Waals surface area contributed by atoms with E-state index < -0.39 is 69.7 Å². The largest absolute Gasteiger partial charge is 0.496 e. The van der Waals surface area contributed by atoms with E-state index in [0.29, 0.717) is 88.2 Å². The number of nitrogens with two attached hydrogens (primary N) is 1. The van der Waals surface area contributed by atoms with E-state index in [1.54, 1.807) is 14.0 Å². The second kappa shape index (κ2) is 18.8. The van der Waals surface area contributed by atoms with Crippen molar-refractivity contribution >= 4 is 40.9 Å². The lowest BCUT2D eigenvalue weighted by Gasteiger charge is -2.63. The Morgan fingerprint density at radius 2 is 1.84 bits per heavy atom. The lowest BCUT2D eigenvalue weighted by Crippen LogP contribution is -2.81. The number of rotatable bonds is 16. The van der Waals surface area contributed by atoms with Crippen molar-refractivity contribution in [3.63, 3.8) is 0 Å². The molecule has 3 fully saturated rings. The highest BCUT2D eigenvalue weighted by Crippen LogP contribution is 2.67. The van der Waals surface area contributed by atoms with Gasteiger partial charge in [0.2, 0.25) is 0 Å². The minimum Gasteiger partial charge on any atom is -0.496 e. The summed E-state index contributed by atoms with van der Waals surface area (Å²) in [4.78, 5) is 64.2. The number of carbonyl (C=O) groups excluding carboxylic acids is 4. The number of nitrogens with zero attached hydrogens (tertiary/aromatic N) is 3. The van der Waals surface area contributed by atoms with Crippen LogP contribution in [0.15, 0.2) is 48.6 Å². The zero-order chi connectivity index (χ0) is 50.0. The average Bonchev–Trinajstić information content (AvgIpc) is 4.02. The van der Waals surface area contributed by atoms with Crippen molar-refractivity contribution in [2.75, 3.05) is 78.6 Å². The van der Waals surface area contributed by atoms with Gasteiger partial charge in [-0.2, -0.15) is 0 Å². The van der Waals surface area contributed by atoms with Crippen LogP contribution in [0, 0.1) is 11.3 Å². The fourth-order valence-electron chi connectivity index (χ4n) is 14.2. The van der Waals surface area contributed by atoms with E-state index in [4.69, 9.17) is 19.9 Å². The molecule has 6 heterocycles. The maximum absolute atomic E-state index is 15.4. The summed E-state index contributed by atoms with van der Waals surface area (Å²) in [6.07, 6.45) is 4.69. The van der Waals surface area contributed by atoms with Crippen molar-refractivity contribution in [1.82, 2.24) is 25.4 Å². The fraction of sp³-hybridized carbons (Fsp3) is 0.615. The predicted molar refractivity (Wildman–Crippen MR) is 260 cm³/mol. The van der Waals surface area contributed by atoms with Gasteiger partial charge in [-0.3, -0.25) is 40.0 Å². The van der Waals surface area contributed by atoms with Crippen LogP contribution < -0.4 is 26.0 Å². The third-order valence-corrected chi connectivity index (χ3v) is 17.3. The molecule has 1 spiro atoms. The Bertz CT molecular complexity index is 2540. The van der Waals surface area contributed by atoms with Gasteiger partial charge in [0.25, 0.3) is 12.4 Å². The Labute approximate surface area is 409 Å². The Kier molecular flexibility index (Phi) is 13.4. The number of amides is 1. The summed E-state index contributed by atoms with van der Waals surface area (Å²) in [6.45, 7) is 9.00. The monoisotopic (exact) mass is 970 g/mol. The van der Waals surface area contributed by atoms with E-state index in [2.05, 4.69) is 42.3 Å². The molecular weight excluding hydrogens is 899 g/mol. The molecule has 18 nitrogen and oxygen atoms in total. The topological polar surface area (TPSA) is 241 Å². The summed E-state index contributed by atoms with van der Waals surface area (Å²) in [6, 6.07) is 10.0. The van der Waals surface area contributed by atoms with Gasteiger partial charge in [-0.25, -0.2) is 0 Å². The van der Waals surface area contributed by atoms with Gasteiger partial charge < -0.3 is 49.5 Å². The first kappa shape index (κ1) is 49.9. The molecule has 70 heavy (non-hydrogen) atoms. The number of anilines is 1. The van der Waals surface area contributed by atoms with Gasteiger partial charge in [0, 0.05) is 97.1 Å². The molecular formula is C52H71N7O11. The van der Waals surface area contributed by atoms with Crippen LogP contribution in [0.5, 0.6) is 5.75 Å². The maximum Gasteiger partial charge on any atom is 0.322 e. The summed E-state index contributed by atoms with van der Waals surface area (Å²) in [7, 11) is 4.86. The molecule has 1 aliphatic carbocycles. The second-order valence-corrected chi connectivity index (χ2v) is 20.8. The van der Waals surface area contributed by atoms with Crippen LogP contribution in [0.1, 0.15) is 81.7 Å². The lowest BCUT2D eigenvalue weighted by atomic mass is 9.47. The Morgan fingerprint density at radius 3 is 2.57 bits per heavy atom. The van der Waals surface area contributed by atoms with Gasteiger partial charge in [-0.15, -0.1) is 0 Å².